The Balaban J connectivity index is 1.40. The van der Waals surface area contributed by atoms with Crippen molar-refractivity contribution in [3.8, 4) is 0 Å². The van der Waals surface area contributed by atoms with Crippen LogP contribution < -0.4 is 0 Å². The molecule has 0 bridgehead atoms. The molecular formula is C24H35FO2. The van der Waals surface area contributed by atoms with Crippen LogP contribution in [0, 0.1) is 23.6 Å². The van der Waals surface area contributed by atoms with Gasteiger partial charge in [-0.1, -0.05) is 64.4 Å². The molecule has 0 saturated heterocycles. The molecule has 27 heavy (non-hydrogen) atoms. The van der Waals surface area contributed by atoms with Crippen LogP contribution in [-0.2, 0) is 0 Å². The molecule has 0 amide bonds. The molecule has 0 atom stereocenters. The van der Waals surface area contributed by atoms with Crippen LogP contribution in [0.25, 0.3) is 0 Å². The molecular weight excluding hydrogens is 339 g/mol. The Kier molecular flexibility index (Phi) is 7.32. The Hall–Kier alpha value is -1.38. The summed E-state index contributed by atoms with van der Waals surface area (Å²) in [6.45, 7) is 2.30. The molecule has 2 aliphatic rings. The summed E-state index contributed by atoms with van der Waals surface area (Å²) in [7, 11) is 0. The first kappa shape index (κ1) is 20.4. The molecule has 2 saturated carbocycles. The van der Waals surface area contributed by atoms with Gasteiger partial charge in [-0.2, -0.15) is 0 Å². The Labute approximate surface area is 163 Å². The first-order chi connectivity index (χ1) is 13.1. The maximum atomic E-state index is 14.0. The number of carboxylic acid groups (broad SMARTS) is 1. The highest BCUT2D eigenvalue weighted by Crippen LogP contribution is 2.40. The van der Waals surface area contributed by atoms with Gasteiger partial charge in [0, 0.05) is 0 Å². The Bertz CT molecular complexity index is 611. The SMILES string of the molecule is CCC[C@H]1CC[C@H](CCC2CCC(c3ccc(C(=O)O)c(F)c3)CC2)CC1. The first-order valence-corrected chi connectivity index (χ1v) is 11.1. The van der Waals surface area contributed by atoms with Crippen molar-refractivity contribution >= 4 is 5.97 Å². The summed E-state index contributed by atoms with van der Waals surface area (Å²) in [5, 5.41) is 8.97. The number of rotatable bonds is 7. The zero-order valence-corrected chi connectivity index (χ0v) is 16.8. The Morgan fingerprint density at radius 1 is 0.926 bits per heavy atom. The van der Waals surface area contributed by atoms with Gasteiger partial charge < -0.3 is 5.11 Å². The van der Waals surface area contributed by atoms with Crippen LogP contribution >= 0.6 is 0 Å². The van der Waals surface area contributed by atoms with E-state index in [1.807, 2.05) is 6.07 Å². The molecule has 2 aliphatic carbocycles. The van der Waals surface area contributed by atoms with Crippen molar-refractivity contribution in [2.75, 3.05) is 0 Å². The maximum Gasteiger partial charge on any atom is 0.338 e. The summed E-state index contributed by atoms with van der Waals surface area (Å²) in [5.41, 5.74) is 0.756. The molecule has 2 nitrogen and oxygen atoms in total. The molecule has 3 heteroatoms. The minimum absolute atomic E-state index is 0.221. The van der Waals surface area contributed by atoms with E-state index in [2.05, 4.69) is 6.92 Å². The molecule has 0 spiro atoms. The minimum Gasteiger partial charge on any atom is -0.478 e. The fraction of sp³-hybridized carbons (Fsp3) is 0.708. The van der Waals surface area contributed by atoms with Crippen LogP contribution in [0.1, 0.15) is 106 Å². The van der Waals surface area contributed by atoms with Crippen molar-refractivity contribution in [1.29, 1.82) is 0 Å². The third kappa shape index (κ3) is 5.56. The summed E-state index contributed by atoms with van der Waals surface area (Å²) in [5.74, 6) is 1.39. The predicted octanol–water partition coefficient (Wildman–Crippen LogP) is 7.18. The Morgan fingerprint density at radius 2 is 1.44 bits per heavy atom. The van der Waals surface area contributed by atoms with E-state index in [1.54, 1.807) is 0 Å². The molecule has 1 N–H and O–H groups in total. The van der Waals surface area contributed by atoms with Crippen molar-refractivity contribution in [2.24, 2.45) is 17.8 Å². The molecule has 0 radical (unpaired) electrons. The van der Waals surface area contributed by atoms with Gasteiger partial charge in [-0.3, -0.25) is 0 Å². The molecule has 3 rings (SSSR count). The van der Waals surface area contributed by atoms with Gasteiger partial charge in [-0.15, -0.1) is 0 Å². The zero-order valence-electron chi connectivity index (χ0n) is 16.8. The van der Waals surface area contributed by atoms with Gasteiger partial charge in [0.05, 0.1) is 5.56 Å². The van der Waals surface area contributed by atoms with Gasteiger partial charge in [0.15, 0.2) is 0 Å². The van der Waals surface area contributed by atoms with Crippen molar-refractivity contribution in [1.82, 2.24) is 0 Å². The van der Waals surface area contributed by atoms with Crippen molar-refractivity contribution in [2.45, 2.75) is 89.9 Å². The largest absolute Gasteiger partial charge is 0.478 e. The van der Waals surface area contributed by atoms with Crippen LogP contribution in [0.15, 0.2) is 18.2 Å². The second-order valence-corrected chi connectivity index (χ2v) is 9.01. The van der Waals surface area contributed by atoms with Crippen LogP contribution in [0.5, 0.6) is 0 Å². The number of hydrogen-bond donors (Lipinski definition) is 1. The van der Waals surface area contributed by atoms with Gasteiger partial charge in [0.1, 0.15) is 5.82 Å². The first-order valence-electron chi connectivity index (χ1n) is 11.1. The fourth-order valence-corrected chi connectivity index (χ4v) is 5.43. The number of aromatic carboxylic acids is 1. The lowest BCUT2D eigenvalue weighted by Crippen LogP contribution is -2.18. The van der Waals surface area contributed by atoms with E-state index in [1.165, 1.54) is 76.3 Å². The molecule has 2 fully saturated rings. The number of hydrogen-bond acceptors (Lipinski definition) is 1. The van der Waals surface area contributed by atoms with Gasteiger partial charge >= 0.3 is 5.97 Å². The van der Waals surface area contributed by atoms with Crippen molar-refractivity contribution < 1.29 is 14.3 Å². The second kappa shape index (κ2) is 9.71. The maximum absolute atomic E-state index is 14.0. The lowest BCUT2D eigenvalue weighted by Gasteiger charge is -2.32. The third-order valence-corrected chi connectivity index (χ3v) is 7.19. The summed E-state index contributed by atoms with van der Waals surface area (Å²) in [4.78, 5) is 11.0. The highest BCUT2D eigenvalue weighted by Gasteiger charge is 2.26. The normalized spacial score (nSPS) is 28.8. The van der Waals surface area contributed by atoms with Gasteiger partial charge in [0.2, 0.25) is 0 Å². The second-order valence-electron chi connectivity index (χ2n) is 9.01. The minimum atomic E-state index is -1.19. The molecule has 1 aromatic rings. The van der Waals surface area contributed by atoms with Gasteiger partial charge in [0.25, 0.3) is 0 Å². The van der Waals surface area contributed by atoms with Crippen LogP contribution in [0.2, 0.25) is 0 Å². The summed E-state index contributed by atoms with van der Waals surface area (Å²) >= 11 is 0. The number of halogens is 1. The molecule has 150 valence electrons. The van der Waals surface area contributed by atoms with E-state index in [0.717, 1.165) is 36.2 Å². The average molecular weight is 375 g/mol. The van der Waals surface area contributed by atoms with Crippen LogP contribution in [-0.4, -0.2) is 11.1 Å². The van der Waals surface area contributed by atoms with Crippen LogP contribution in [0.3, 0.4) is 0 Å². The summed E-state index contributed by atoms with van der Waals surface area (Å²) in [6, 6.07) is 4.68. The summed E-state index contributed by atoms with van der Waals surface area (Å²) in [6.07, 6.45) is 16.0. The highest BCUT2D eigenvalue weighted by atomic mass is 19.1. The molecule has 1 aromatic carbocycles. The van der Waals surface area contributed by atoms with Crippen molar-refractivity contribution in [3.05, 3.63) is 35.1 Å². The Morgan fingerprint density at radius 3 is 1.93 bits per heavy atom. The highest BCUT2D eigenvalue weighted by molar-refractivity contribution is 5.87. The predicted molar refractivity (Wildman–Crippen MR) is 108 cm³/mol. The van der Waals surface area contributed by atoms with E-state index in [-0.39, 0.29) is 5.56 Å². The fourth-order valence-electron chi connectivity index (χ4n) is 5.43. The quantitative estimate of drug-likeness (QED) is 0.548. The topological polar surface area (TPSA) is 37.3 Å². The van der Waals surface area contributed by atoms with E-state index >= 15 is 0 Å². The number of carbonyl (C=O) groups is 1. The zero-order chi connectivity index (χ0) is 19.2. The summed E-state index contributed by atoms with van der Waals surface area (Å²) < 4.78 is 14.0. The molecule has 0 aliphatic heterocycles. The lowest BCUT2D eigenvalue weighted by atomic mass is 9.74. The molecule has 0 unspecified atom stereocenters. The van der Waals surface area contributed by atoms with Gasteiger partial charge in [-0.05, 0) is 67.1 Å². The van der Waals surface area contributed by atoms with Gasteiger partial charge in [-0.25, -0.2) is 9.18 Å². The van der Waals surface area contributed by atoms with Crippen LogP contribution in [0.4, 0.5) is 4.39 Å². The molecule has 0 aromatic heterocycles. The van der Waals surface area contributed by atoms with Crippen molar-refractivity contribution in [3.63, 3.8) is 0 Å². The standard InChI is InChI=1S/C24H35FO2/c1-2-3-17-4-6-18(7-5-17)8-9-19-10-12-20(13-11-19)21-14-15-22(24(26)27)23(25)16-21/h14-20H,2-13H2,1H3,(H,26,27)/t17-,18-,19?,20?. The van der Waals surface area contributed by atoms with E-state index in [0.29, 0.717) is 5.92 Å². The van der Waals surface area contributed by atoms with E-state index in [4.69, 9.17) is 5.11 Å². The number of benzene rings is 1. The lowest BCUT2D eigenvalue weighted by molar-refractivity contribution is 0.0692. The van der Waals surface area contributed by atoms with E-state index < -0.39 is 11.8 Å². The van der Waals surface area contributed by atoms with E-state index in [9.17, 15) is 9.18 Å². The monoisotopic (exact) mass is 374 g/mol. The average Bonchev–Trinajstić information content (AvgIpc) is 2.68. The number of carboxylic acids is 1. The third-order valence-electron chi connectivity index (χ3n) is 7.19. The molecule has 0 heterocycles. The smallest absolute Gasteiger partial charge is 0.338 e.